The molecule has 3 rings (SSSR count). The molecule has 0 saturated carbocycles. The van der Waals surface area contributed by atoms with Crippen molar-refractivity contribution in [3.05, 3.63) is 29.8 Å². The maximum Gasteiger partial charge on any atom is 0.246 e. The molecule has 5 nitrogen and oxygen atoms in total. The zero-order valence-corrected chi connectivity index (χ0v) is 10.2. The van der Waals surface area contributed by atoms with Crippen LogP contribution in [0.5, 0.6) is 0 Å². The van der Waals surface area contributed by atoms with Crippen LogP contribution in [-0.2, 0) is 0 Å². The van der Waals surface area contributed by atoms with Crippen molar-refractivity contribution in [2.45, 2.75) is 12.8 Å². The fraction of sp³-hybridized carbons (Fsp3) is 0.333. The molecule has 0 aliphatic carbocycles. The molecule has 0 spiro atoms. The first kappa shape index (κ1) is 11.9. The number of halogens is 2. The molecule has 0 radical (unpaired) electrons. The van der Waals surface area contributed by atoms with Crippen LogP contribution >= 0.6 is 0 Å². The molecule has 1 fully saturated rings. The lowest BCUT2D eigenvalue weighted by Gasteiger charge is -2.10. The standard InChI is InChI=1S/C12H13F2N5/c13-8-3-4-10(9(14)7-8)19-11(15)16-12(17-19)18-5-1-2-6-18/h3-4,7H,1-2,5-6H2,(H2,15,16,17). The highest BCUT2D eigenvalue weighted by Crippen LogP contribution is 2.21. The lowest BCUT2D eigenvalue weighted by atomic mass is 10.3. The average Bonchev–Trinajstić information content (AvgIpc) is 2.98. The van der Waals surface area contributed by atoms with Gasteiger partial charge in [-0.05, 0) is 25.0 Å². The zero-order chi connectivity index (χ0) is 13.4. The third-order valence-corrected chi connectivity index (χ3v) is 3.15. The molecule has 0 bridgehead atoms. The fourth-order valence-corrected chi connectivity index (χ4v) is 2.19. The van der Waals surface area contributed by atoms with Crippen LogP contribution in [0.2, 0.25) is 0 Å². The molecule has 2 aromatic rings. The van der Waals surface area contributed by atoms with Gasteiger partial charge in [-0.25, -0.2) is 8.78 Å². The molecule has 0 amide bonds. The minimum Gasteiger partial charge on any atom is -0.368 e. The number of hydrogen-bond donors (Lipinski definition) is 1. The Balaban J connectivity index is 2.00. The van der Waals surface area contributed by atoms with Gasteiger partial charge in [-0.1, -0.05) is 0 Å². The summed E-state index contributed by atoms with van der Waals surface area (Å²) >= 11 is 0. The molecule has 7 heteroatoms. The summed E-state index contributed by atoms with van der Waals surface area (Å²) in [5.41, 5.74) is 5.84. The third-order valence-electron chi connectivity index (χ3n) is 3.15. The molecule has 1 aliphatic rings. The molecule has 19 heavy (non-hydrogen) atoms. The number of nitrogens with zero attached hydrogens (tertiary/aromatic N) is 4. The Morgan fingerprint density at radius 1 is 1.16 bits per heavy atom. The number of nitrogens with two attached hydrogens (primary N) is 1. The highest BCUT2D eigenvalue weighted by molar-refractivity contribution is 5.44. The number of aromatic nitrogens is 3. The van der Waals surface area contributed by atoms with E-state index in [1.807, 2.05) is 4.90 Å². The van der Waals surface area contributed by atoms with Crippen molar-refractivity contribution >= 4 is 11.9 Å². The van der Waals surface area contributed by atoms with Crippen LogP contribution in [0.1, 0.15) is 12.8 Å². The molecule has 1 saturated heterocycles. The van der Waals surface area contributed by atoms with Gasteiger partial charge in [0.15, 0.2) is 5.82 Å². The summed E-state index contributed by atoms with van der Waals surface area (Å²) in [5.74, 6) is -0.782. The Bertz CT molecular complexity index is 604. The Labute approximate surface area is 108 Å². The highest BCUT2D eigenvalue weighted by atomic mass is 19.1. The van der Waals surface area contributed by atoms with Crippen LogP contribution in [0.15, 0.2) is 18.2 Å². The van der Waals surface area contributed by atoms with Gasteiger partial charge >= 0.3 is 0 Å². The highest BCUT2D eigenvalue weighted by Gasteiger charge is 2.19. The zero-order valence-electron chi connectivity index (χ0n) is 10.2. The molecule has 1 aromatic heterocycles. The lowest BCUT2D eigenvalue weighted by molar-refractivity contribution is 0.574. The van der Waals surface area contributed by atoms with Gasteiger partial charge in [-0.2, -0.15) is 9.67 Å². The number of hydrogen-bond acceptors (Lipinski definition) is 4. The first-order valence-corrected chi connectivity index (χ1v) is 6.08. The summed E-state index contributed by atoms with van der Waals surface area (Å²) in [7, 11) is 0. The molecule has 2 heterocycles. The second-order valence-corrected chi connectivity index (χ2v) is 4.47. The molecule has 2 N–H and O–H groups in total. The van der Waals surface area contributed by atoms with Gasteiger partial charge in [0, 0.05) is 19.2 Å². The predicted octanol–water partition coefficient (Wildman–Crippen LogP) is 1.73. The van der Waals surface area contributed by atoms with E-state index in [2.05, 4.69) is 10.1 Å². The number of anilines is 2. The van der Waals surface area contributed by atoms with Crippen molar-refractivity contribution in [1.82, 2.24) is 14.8 Å². The number of rotatable bonds is 2. The van der Waals surface area contributed by atoms with E-state index < -0.39 is 11.6 Å². The van der Waals surface area contributed by atoms with E-state index in [-0.39, 0.29) is 11.6 Å². The average molecular weight is 265 g/mol. The molecule has 0 unspecified atom stereocenters. The largest absolute Gasteiger partial charge is 0.368 e. The fourth-order valence-electron chi connectivity index (χ4n) is 2.19. The predicted molar refractivity (Wildman–Crippen MR) is 67.1 cm³/mol. The molecule has 100 valence electrons. The van der Waals surface area contributed by atoms with E-state index in [1.54, 1.807) is 0 Å². The summed E-state index contributed by atoms with van der Waals surface area (Å²) in [6, 6.07) is 3.25. The summed E-state index contributed by atoms with van der Waals surface area (Å²) < 4.78 is 27.8. The Hall–Kier alpha value is -2.18. The lowest BCUT2D eigenvalue weighted by Crippen LogP contribution is -2.19. The van der Waals surface area contributed by atoms with E-state index in [1.165, 1.54) is 10.7 Å². The first-order chi connectivity index (χ1) is 9.15. The maximum absolute atomic E-state index is 13.7. The molecule has 1 aromatic carbocycles. The quantitative estimate of drug-likeness (QED) is 0.898. The van der Waals surface area contributed by atoms with Crippen LogP contribution in [0.3, 0.4) is 0 Å². The van der Waals surface area contributed by atoms with Crippen molar-refractivity contribution in [2.75, 3.05) is 23.7 Å². The third kappa shape index (κ3) is 2.11. The van der Waals surface area contributed by atoms with Gasteiger partial charge in [-0.3, -0.25) is 0 Å². The van der Waals surface area contributed by atoms with Gasteiger partial charge in [-0.15, -0.1) is 5.10 Å². The topological polar surface area (TPSA) is 60.0 Å². The molecular formula is C12H13F2N5. The Kier molecular flexibility index (Phi) is 2.81. The van der Waals surface area contributed by atoms with Crippen LogP contribution in [-0.4, -0.2) is 27.9 Å². The van der Waals surface area contributed by atoms with E-state index in [0.717, 1.165) is 38.1 Å². The Morgan fingerprint density at radius 2 is 1.89 bits per heavy atom. The van der Waals surface area contributed by atoms with Crippen molar-refractivity contribution in [2.24, 2.45) is 0 Å². The minimum absolute atomic E-state index is 0.0902. The normalized spacial score (nSPS) is 15.2. The van der Waals surface area contributed by atoms with Crippen molar-refractivity contribution in [3.8, 4) is 5.69 Å². The maximum atomic E-state index is 13.7. The smallest absolute Gasteiger partial charge is 0.246 e. The van der Waals surface area contributed by atoms with Crippen molar-refractivity contribution in [3.63, 3.8) is 0 Å². The Morgan fingerprint density at radius 3 is 2.58 bits per heavy atom. The SMILES string of the molecule is Nc1nc(N2CCCC2)nn1-c1ccc(F)cc1F. The van der Waals surface area contributed by atoms with Crippen molar-refractivity contribution < 1.29 is 8.78 Å². The van der Waals surface area contributed by atoms with Gasteiger partial charge in [0.05, 0.1) is 0 Å². The van der Waals surface area contributed by atoms with Gasteiger partial charge < -0.3 is 10.6 Å². The second-order valence-electron chi connectivity index (χ2n) is 4.47. The van der Waals surface area contributed by atoms with Crippen molar-refractivity contribution in [1.29, 1.82) is 0 Å². The summed E-state index contributed by atoms with van der Waals surface area (Å²) in [5, 5.41) is 4.20. The van der Waals surface area contributed by atoms with E-state index in [0.29, 0.717) is 5.95 Å². The van der Waals surface area contributed by atoms with E-state index in [9.17, 15) is 8.78 Å². The van der Waals surface area contributed by atoms with Gasteiger partial charge in [0.2, 0.25) is 11.9 Å². The summed E-state index contributed by atoms with van der Waals surface area (Å²) in [6.07, 6.45) is 2.17. The number of benzene rings is 1. The van der Waals surface area contributed by atoms with Crippen LogP contribution in [0.4, 0.5) is 20.7 Å². The molecule has 1 aliphatic heterocycles. The molecule has 0 atom stereocenters. The van der Waals surface area contributed by atoms with Crippen LogP contribution in [0.25, 0.3) is 5.69 Å². The number of nitrogen functional groups attached to an aromatic ring is 1. The second kappa shape index (κ2) is 4.49. The minimum atomic E-state index is -0.718. The molecular weight excluding hydrogens is 252 g/mol. The van der Waals surface area contributed by atoms with E-state index in [4.69, 9.17) is 5.73 Å². The van der Waals surface area contributed by atoms with E-state index >= 15 is 0 Å². The summed E-state index contributed by atoms with van der Waals surface area (Å²) in [6.45, 7) is 1.74. The monoisotopic (exact) mass is 265 g/mol. The van der Waals surface area contributed by atoms with Gasteiger partial charge in [0.1, 0.15) is 11.5 Å². The van der Waals surface area contributed by atoms with Crippen LogP contribution < -0.4 is 10.6 Å². The van der Waals surface area contributed by atoms with Gasteiger partial charge in [0.25, 0.3) is 0 Å². The first-order valence-electron chi connectivity index (χ1n) is 6.08. The van der Waals surface area contributed by atoms with Crippen LogP contribution in [0, 0.1) is 11.6 Å². The summed E-state index contributed by atoms with van der Waals surface area (Å²) in [4.78, 5) is 6.12.